The fourth-order valence-electron chi connectivity index (χ4n) is 2.15. The monoisotopic (exact) mass is 213 g/mol. The molecule has 0 aromatic rings. The molecule has 0 amide bonds. The van der Waals surface area contributed by atoms with E-state index in [-0.39, 0.29) is 0 Å². The first-order valence-corrected chi connectivity index (χ1v) is 6.61. The second kappa shape index (κ2) is 7.24. The van der Waals surface area contributed by atoms with Crippen molar-refractivity contribution in [3.05, 3.63) is 0 Å². The molecule has 1 aliphatic rings. The minimum absolute atomic E-state index is 0.482. The molecular weight excluding hydrogens is 186 g/mol. The van der Waals surface area contributed by atoms with Crippen LogP contribution in [0.1, 0.15) is 52.9 Å². The van der Waals surface area contributed by atoms with Crippen LogP contribution in [-0.2, 0) is 4.74 Å². The van der Waals surface area contributed by atoms with Crippen LogP contribution in [-0.4, -0.2) is 25.3 Å². The van der Waals surface area contributed by atoms with Crippen LogP contribution in [0, 0.1) is 5.92 Å². The van der Waals surface area contributed by atoms with Gasteiger partial charge in [0.15, 0.2) is 0 Å². The maximum Gasteiger partial charge on any atom is 0.0700 e. The summed E-state index contributed by atoms with van der Waals surface area (Å²) in [6, 6.07) is 0.684. The van der Waals surface area contributed by atoms with Crippen molar-refractivity contribution >= 4 is 0 Å². The van der Waals surface area contributed by atoms with Crippen molar-refractivity contribution in [2.24, 2.45) is 5.92 Å². The molecular formula is C13H27NO. The van der Waals surface area contributed by atoms with E-state index in [0.717, 1.165) is 19.1 Å². The van der Waals surface area contributed by atoms with Gasteiger partial charge in [-0.25, -0.2) is 0 Å². The molecule has 1 aliphatic heterocycles. The molecule has 0 unspecified atom stereocenters. The first kappa shape index (κ1) is 13.0. The average Bonchev–Trinajstić information content (AvgIpc) is 2.76. The van der Waals surface area contributed by atoms with E-state index in [1.807, 2.05) is 0 Å². The Morgan fingerprint density at radius 1 is 1.33 bits per heavy atom. The SMILES string of the molecule is CC[C@@H](C)C[C@@H](CC)NC[C@@H]1CCCO1. The molecule has 0 radical (unpaired) electrons. The molecule has 2 heteroatoms. The van der Waals surface area contributed by atoms with Crippen LogP contribution in [0.15, 0.2) is 0 Å². The lowest BCUT2D eigenvalue weighted by Crippen LogP contribution is -2.36. The van der Waals surface area contributed by atoms with Gasteiger partial charge in [-0.3, -0.25) is 0 Å². The van der Waals surface area contributed by atoms with Crippen LogP contribution in [0.25, 0.3) is 0 Å². The van der Waals surface area contributed by atoms with Crippen LogP contribution >= 0.6 is 0 Å². The van der Waals surface area contributed by atoms with Crippen molar-refractivity contribution in [3.63, 3.8) is 0 Å². The minimum Gasteiger partial charge on any atom is -0.377 e. The highest BCUT2D eigenvalue weighted by Gasteiger charge is 2.17. The van der Waals surface area contributed by atoms with Crippen molar-refractivity contribution < 1.29 is 4.74 Å². The molecule has 3 atom stereocenters. The van der Waals surface area contributed by atoms with Crippen molar-refractivity contribution in [2.45, 2.75) is 65.0 Å². The van der Waals surface area contributed by atoms with Gasteiger partial charge in [-0.1, -0.05) is 27.2 Å². The van der Waals surface area contributed by atoms with Crippen LogP contribution in [0.3, 0.4) is 0 Å². The van der Waals surface area contributed by atoms with Gasteiger partial charge in [-0.15, -0.1) is 0 Å². The molecule has 1 fully saturated rings. The third-order valence-electron chi connectivity index (χ3n) is 3.53. The highest BCUT2D eigenvalue weighted by molar-refractivity contribution is 4.73. The van der Waals surface area contributed by atoms with Gasteiger partial charge in [-0.05, 0) is 31.6 Å². The number of nitrogens with one attached hydrogen (secondary N) is 1. The fraction of sp³-hybridized carbons (Fsp3) is 1.00. The molecule has 1 heterocycles. The van der Waals surface area contributed by atoms with Crippen LogP contribution in [0.5, 0.6) is 0 Å². The Labute approximate surface area is 94.8 Å². The summed E-state index contributed by atoms with van der Waals surface area (Å²) in [5.74, 6) is 0.840. The largest absolute Gasteiger partial charge is 0.377 e. The Kier molecular flexibility index (Phi) is 6.26. The summed E-state index contributed by atoms with van der Waals surface area (Å²) in [6.07, 6.45) is 6.80. The fourth-order valence-corrected chi connectivity index (χ4v) is 2.15. The molecule has 0 saturated carbocycles. The summed E-state index contributed by atoms with van der Waals surface area (Å²) in [6.45, 7) is 8.91. The summed E-state index contributed by atoms with van der Waals surface area (Å²) in [4.78, 5) is 0. The Balaban J connectivity index is 2.14. The lowest BCUT2D eigenvalue weighted by Gasteiger charge is -2.22. The first-order valence-electron chi connectivity index (χ1n) is 6.61. The molecule has 2 nitrogen and oxygen atoms in total. The zero-order chi connectivity index (χ0) is 11.1. The summed E-state index contributed by atoms with van der Waals surface area (Å²) in [5.41, 5.74) is 0. The number of hydrogen-bond donors (Lipinski definition) is 1. The third kappa shape index (κ3) is 4.98. The van der Waals surface area contributed by atoms with Gasteiger partial charge >= 0.3 is 0 Å². The van der Waals surface area contributed by atoms with Gasteiger partial charge < -0.3 is 10.1 Å². The molecule has 0 aromatic carbocycles. The summed E-state index contributed by atoms with van der Waals surface area (Å²) >= 11 is 0. The van der Waals surface area contributed by atoms with Gasteiger partial charge in [0.1, 0.15) is 0 Å². The van der Waals surface area contributed by atoms with Crippen LogP contribution < -0.4 is 5.32 Å². The van der Waals surface area contributed by atoms with E-state index in [9.17, 15) is 0 Å². The quantitative estimate of drug-likeness (QED) is 0.702. The van der Waals surface area contributed by atoms with E-state index in [4.69, 9.17) is 4.74 Å². The van der Waals surface area contributed by atoms with Gasteiger partial charge in [0.2, 0.25) is 0 Å². The van der Waals surface area contributed by atoms with E-state index in [1.54, 1.807) is 0 Å². The van der Waals surface area contributed by atoms with Crippen LogP contribution in [0.2, 0.25) is 0 Å². The molecule has 0 bridgehead atoms. The zero-order valence-electron chi connectivity index (χ0n) is 10.6. The van der Waals surface area contributed by atoms with Crippen molar-refractivity contribution in [2.75, 3.05) is 13.2 Å². The Bertz CT molecular complexity index is 155. The van der Waals surface area contributed by atoms with Crippen molar-refractivity contribution in [1.82, 2.24) is 5.32 Å². The number of rotatable bonds is 7. The van der Waals surface area contributed by atoms with E-state index in [2.05, 4.69) is 26.1 Å². The van der Waals surface area contributed by atoms with Crippen molar-refractivity contribution in [3.8, 4) is 0 Å². The van der Waals surface area contributed by atoms with E-state index in [0.29, 0.717) is 12.1 Å². The summed E-state index contributed by atoms with van der Waals surface area (Å²) in [5, 5.41) is 3.65. The number of hydrogen-bond acceptors (Lipinski definition) is 2. The summed E-state index contributed by atoms with van der Waals surface area (Å²) in [7, 11) is 0. The second-order valence-corrected chi connectivity index (χ2v) is 4.90. The van der Waals surface area contributed by atoms with E-state index in [1.165, 1.54) is 32.1 Å². The van der Waals surface area contributed by atoms with Crippen molar-refractivity contribution in [1.29, 1.82) is 0 Å². The molecule has 1 N–H and O–H groups in total. The standard InChI is InChI=1S/C13H27NO/c1-4-11(3)9-12(5-2)14-10-13-7-6-8-15-13/h11-14H,4-10H2,1-3H3/t11-,12-,13+/m1/s1. The third-order valence-corrected chi connectivity index (χ3v) is 3.53. The highest BCUT2D eigenvalue weighted by Crippen LogP contribution is 2.14. The molecule has 1 saturated heterocycles. The highest BCUT2D eigenvalue weighted by atomic mass is 16.5. The number of ether oxygens (including phenoxy) is 1. The lowest BCUT2D eigenvalue weighted by molar-refractivity contribution is 0.106. The Hall–Kier alpha value is -0.0800. The zero-order valence-corrected chi connectivity index (χ0v) is 10.6. The predicted octanol–water partition coefficient (Wildman–Crippen LogP) is 2.97. The molecule has 15 heavy (non-hydrogen) atoms. The topological polar surface area (TPSA) is 21.3 Å². The van der Waals surface area contributed by atoms with E-state index < -0.39 is 0 Å². The Morgan fingerprint density at radius 3 is 2.67 bits per heavy atom. The molecule has 0 aliphatic carbocycles. The van der Waals surface area contributed by atoms with E-state index >= 15 is 0 Å². The van der Waals surface area contributed by atoms with Gasteiger partial charge in [0, 0.05) is 19.2 Å². The normalized spacial score (nSPS) is 25.4. The lowest BCUT2D eigenvalue weighted by atomic mass is 9.97. The van der Waals surface area contributed by atoms with Gasteiger partial charge in [0.05, 0.1) is 6.10 Å². The minimum atomic E-state index is 0.482. The smallest absolute Gasteiger partial charge is 0.0700 e. The maximum atomic E-state index is 5.62. The Morgan fingerprint density at radius 2 is 2.13 bits per heavy atom. The molecule has 0 spiro atoms. The maximum absolute atomic E-state index is 5.62. The molecule has 90 valence electrons. The second-order valence-electron chi connectivity index (χ2n) is 4.90. The molecule has 0 aromatic heterocycles. The molecule has 1 rings (SSSR count). The van der Waals surface area contributed by atoms with Gasteiger partial charge in [-0.2, -0.15) is 0 Å². The predicted molar refractivity (Wildman–Crippen MR) is 65.1 cm³/mol. The van der Waals surface area contributed by atoms with Crippen LogP contribution in [0.4, 0.5) is 0 Å². The summed E-state index contributed by atoms with van der Waals surface area (Å²) < 4.78 is 5.62. The first-order chi connectivity index (χ1) is 7.26. The van der Waals surface area contributed by atoms with Gasteiger partial charge in [0.25, 0.3) is 0 Å². The average molecular weight is 213 g/mol.